The molecule has 2 saturated heterocycles. The van der Waals surface area contributed by atoms with Gasteiger partial charge in [-0.2, -0.15) is 0 Å². The second kappa shape index (κ2) is 7.49. The fraction of sp³-hybridized carbons (Fsp3) is 0.533. The van der Waals surface area contributed by atoms with Crippen molar-refractivity contribution in [3.8, 4) is 5.75 Å². The first kappa shape index (κ1) is 17.3. The standard InChI is InChI=1S/C15H18ClFN2O2.ClH/c16-13-7-10(17)1-4-14(13)21-9-15(20)19-6-5-11-2-3-12(8-19)18-11;/h1,4,7,11-12,18H,2-3,5-6,8-9H2;1H. The molecule has 1 aromatic carbocycles. The van der Waals surface area contributed by atoms with E-state index in [9.17, 15) is 9.18 Å². The molecule has 2 aliphatic rings. The lowest BCUT2D eigenvalue weighted by Gasteiger charge is -2.24. The van der Waals surface area contributed by atoms with Crippen LogP contribution in [0.25, 0.3) is 0 Å². The first-order chi connectivity index (χ1) is 10.1. The molecule has 3 rings (SSSR count). The summed E-state index contributed by atoms with van der Waals surface area (Å²) in [6, 6.07) is 4.82. The van der Waals surface area contributed by atoms with Gasteiger partial charge in [-0.3, -0.25) is 4.79 Å². The molecule has 4 nitrogen and oxygen atoms in total. The van der Waals surface area contributed by atoms with Crippen LogP contribution in [0.15, 0.2) is 18.2 Å². The maximum Gasteiger partial charge on any atom is 0.260 e. The number of amides is 1. The lowest BCUT2D eigenvalue weighted by atomic mass is 10.1. The highest BCUT2D eigenvalue weighted by Gasteiger charge is 2.31. The van der Waals surface area contributed by atoms with Gasteiger partial charge in [0.1, 0.15) is 11.6 Å². The van der Waals surface area contributed by atoms with Crippen LogP contribution in [0.5, 0.6) is 5.75 Å². The summed E-state index contributed by atoms with van der Waals surface area (Å²) in [6.07, 6.45) is 3.31. The van der Waals surface area contributed by atoms with Gasteiger partial charge in [-0.05, 0) is 37.5 Å². The second-order valence-electron chi connectivity index (χ2n) is 5.63. The van der Waals surface area contributed by atoms with Gasteiger partial charge in [-0.25, -0.2) is 4.39 Å². The van der Waals surface area contributed by atoms with Crippen LogP contribution in [-0.2, 0) is 4.79 Å². The highest BCUT2D eigenvalue weighted by Crippen LogP contribution is 2.25. The summed E-state index contributed by atoms with van der Waals surface area (Å²) in [7, 11) is 0. The molecule has 0 saturated carbocycles. The molecule has 2 aliphatic heterocycles. The van der Waals surface area contributed by atoms with Gasteiger partial charge in [0.15, 0.2) is 6.61 Å². The normalized spacial score (nSPS) is 23.6. The largest absolute Gasteiger partial charge is 0.482 e. The summed E-state index contributed by atoms with van der Waals surface area (Å²) < 4.78 is 18.4. The van der Waals surface area contributed by atoms with Crippen molar-refractivity contribution in [3.63, 3.8) is 0 Å². The Morgan fingerprint density at radius 3 is 2.91 bits per heavy atom. The summed E-state index contributed by atoms with van der Waals surface area (Å²) in [4.78, 5) is 14.1. The van der Waals surface area contributed by atoms with E-state index in [0.29, 0.717) is 17.8 Å². The summed E-state index contributed by atoms with van der Waals surface area (Å²) in [5.41, 5.74) is 0. The Labute approximate surface area is 140 Å². The Hall–Kier alpha value is -1.04. The molecule has 2 unspecified atom stereocenters. The van der Waals surface area contributed by atoms with Crippen molar-refractivity contribution in [3.05, 3.63) is 29.0 Å². The molecule has 0 aromatic heterocycles. The fourth-order valence-electron chi connectivity index (χ4n) is 2.99. The smallest absolute Gasteiger partial charge is 0.260 e. The third-order valence-corrected chi connectivity index (χ3v) is 4.42. The average Bonchev–Trinajstić information content (AvgIpc) is 2.77. The second-order valence-corrected chi connectivity index (χ2v) is 6.04. The highest BCUT2D eigenvalue weighted by molar-refractivity contribution is 6.32. The minimum absolute atomic E-state index is 0. The van der Waals surface area contributed by atoms with E-state index in [-0.39, 0.29) is 29.9 Å². The Morgan fingerprint density at radius 2 is 2.14 bits per heavy atom. The topological polar surface area (TPSA) is 41.6 Å². The molecule has 0 aliphatic carbocycles. The van der Waals surface area contributed by atoms with Crippen LogP contribution in [0.4, 0.5) is 4.39 Å². The Balaban J connectivity index is 0.00000176. The summed E-state index contributed by atoms with van der Waals surface area (Å²) in [5.74, 6) is -0.140. The van der Waals surface area contributed by atoms with Crippen molar-refractivity contribution in [2.75, 3.05) is 19.7 Å². The number of nitrogens with zero attached hydrogens (tertiary/aromatic N) is 1. The molecule has 2 heterocycles. The number of nitrogens with one attached hydrogen (secondary N) is 1. The summed E-state index contributed by atoms with van der Waals surface area (Å²) in [6.45, 7) is 1.42. The number of likely N-dealkylation sites (tertiary alicyclic amines) is 1. The molecule has 0 radical (unpaired) electrons. The number of ether oxygens (including phenoxy) is 1. The maximum absolute atomic E-state index is 12.9. The van der Waals surface area contributed by atoms with Crippen molar-refractivity contribution in [2.24, 2.45) is 0 Å². The van der Waals surface area contributed by atoms with Crippen LogP contribution in [0.1, 0.15) is 19.3 Å². The summed E-state index contributed by atoms with van der Waals surface area (Å²) >= 11 is 5.88. The third kappa shape index (κ3) is 4.03. The molecule has 2 fully saturated rings. The van der Waals surface area contributed by atoms with Gasteiger partial charge in [-0.15, -0.1) is 12.4 Å². The average molecular weight is 349 g/mol. The van der Waals surface area contributed by atoms with Gasteiger partial charge in [0.25, 0.3) is 5.91 Å². The van der Waals surface area contributed by atoms with Gasteiger partial charge in [-0.1, -0.05) is 11.6 Å². The number of rotatable bonds is 3. The Morgan fingerprint density at radius 1 is 1.36 bits per heavy atom. The number of fused-ring (bicyclic) bond motifs is 2. The fourth-order valence-corrected chi connectivity index (χ4v) is 3.21. The van der Waals surface area contributed by atoms with Crippen LogP contribution in [0.3, 0.4) is 0 Å². The molecule has 1 aromatic rings. The first-order valence-corrected chi connectivity index (χ1v) is 7.61. The number of benzene rings is 1. The van der Waals surface area contributed by atoms with Crippen molar-refractivity contribution in [2.45, 2.75) is 31.3 Å². The number of hydrogen-bond donors (Lipinski definition) is 1. The van der Waals surface area contributed by atoms with Crippen molar-refractivity contribution in [1.82, 2.24) is 10.2 Å². The molecule has 0 spiro atoms. The van der Waals surface area contributed by atoms with Crippen LogP contribution in [0, 0.1) is 5.82 Å². The number of carbonyl (C=O) groups excluding carboxylic acids is 1. The van der Waals surface area contributed by atoms with Gasteiger partial charge in [0.2, 0.25) is 0 Å². The minimum atomic E-state index is -0.423. The van der Waals surface area contributed by atoms with Crippen molar-refractivity contribution >= 4 is 29.9 Å². The Bertz CT molecular complexity index is 544. The van der Waals surface area contributed by atoms with E-state index >= 15 is 0 Å². The van der Waals surface area contributed by atoms with Crippen LogP contribution < -0.4 is 10.1 Å². The minimum Gasteiger partial charge on any atom is -0.482 e. The third-order valence-electron chi connectivity index (χ3n) is 4.12. The highest BCUT2D eigenvalue weighted by atomic mass is 35.5. The van der Waals surface area contributed by atoms with E-state index in [1.165, 1.54) is 24.6 Å². The van der Waals surface area contributed by atoms with E-state index in [0.717, 1.165) is 25.9 Å². The zero-order valence-electron chi connectivity index (χ0n) is 12.1. The molecule has 7 heteroatoms. The number of hydrogen-bond acceptors (Lipinski definition) is 3. The van der Waals surface area contributed by atoms with E-state index in [1.807, 2.05) is 4.90 Å². The molecule has 2 atom stereocenters. The zero-order chi connectivity index (χ0) is 14.8. The van der Waals surface area contributed by atoms with Crippen LogP contribution in [-0.4, -0.2) is 42.6 Å². The predicted octanol–water partition coefficient (Wildman–Crippen LogP) is 2.63. The molecular weight excluding hydrogens is 330 g/mol. The van der Waals surface area contributed by atoms with Gasteiger partial charge < -0.3 is 15.0 Å². The lowest BCUT2D eigenvalue weighted by Crippen LogP contribution is -2.41. The zero-order valence-corrected chi connectivity index (χ0v) is 13.6. The van der Waals surface area contributed by atoms with E-state index in [1.54, 1.807) is 0 Å². The molecule has 22 heavy (non-hydrogen) atoms. The molecule has 122 valence electrons. The molecule has 2 bridgehead atoms. The molecule has 1 N–H and O–H groups in total. The number of carbonyl (C=O) groups is 1. The van der Waals surface area contributed by atoms with E-state index in [4.69, 9.17) is 16.3 Å². The van der Waals surface area contributed by atoms with Crippen molar-refractivity contribution in [1.29, 1.82) is 0 Å². The van der Waals surface area contributed by atoms with E-state index in [2.05, 4.69) is 5.32 Å². The SMILES string of the molecule is Cl.O=C(COc1ccc(F)cc1Cl)N1CCC2CCC(C1)N2. The number of halogens is 3. The lowest BCUT2D eigenvalue weighted by molar-refractivity contribution is -0.133. The Kier molecular flexibility index (Phi) is 5.89. The van der Waals surface area contributed by atoms with Crippen LogP contribution in [0.2, 0.25) is 5.02 Å². The van der Waals surface area contributed by atoms with Crippen LogP contribution >= 0.6 is 24.0 Å². The maximum atomic E-state index is 12.9. The monoisotopic (exact) mass is 348 g/mol. The predicted molar refractivity (Wildman–Crippen MR) is 85.3 cm³/mol. The van der Waals surface area contributed by atoms with Gasteiger partial charge in [0.05, 0.1) is 5.02 Å². The van der Waals surface area contributed by atoms with Gasteiger partial charge >= 0.3 is 0 Å². The molecular formula is C15H19Cl2FN2O2. The van der Waals surface area contributed by atoms with Gasteiger partial charge in [0, 0.05) is 25.2 Å². The first-order valence-electron chi connectivity index (χ1n) is 7.23. The summed E-state index contributed by atoms with van der Waals surface area (Å²) in [5, 5.41) is 3.71. The quantitative estimate of drug-likeness (QED) is 0.912. The van der Waals surface area contributed by atoms with Crippen molar-refractivity contribution < 1.29 is 13.9 Å². The molecule has 1 amide bonds. The van der Waals surface area contributed by atoms with E-state index < -0.39 is 5.82 Å².